The van der Waals surface area contributed by atoms with Gasteiger partial charge < -0.3 is 17.6 Å². The van der Waals surface area contributed by atoms with Gasteiger partial charge in [0.15, 0.2) is 0 Å². The van der Waals surface area contributed by atoms with Crippen LogP contribution in [0.5, 0.6) is 0 Å². The lowest BCUT2D eigenvalue weighted by atomic mass is 11.2. The predicted molar refractivity (Wildman–Crippen MR) is 29.1 cm³/mol. The highest BCUT2D eigenvalue weighted by atomic mass is 79.9. The average molecular weight is 158 g/mol. The fourth-order valence-corrected chi connectivity index (χ4v) is 0. The van der Waals surface area contributed by atoms with Gasteiger partial charge in [0, 0.05) is 0 Å². The van der Waals surface area contributed by atoms with Crippen molar-refractivity contribution in [2.75, 3.05) is 0 Å². The molecule has 0 rings (SSSR count). The van der Waals surface area contributed by atoms with Crippen LogP contribution < -0.4 is 17.6 Å². The number of hydrogen-bond donors (Lipinski definition) is 3. The first-order valence-electron chi connectivity index (χ1n) is 0.781. The summed E-state index contributed by atoms with van der Waals surface area (Å²) < 4.78 is 0. The van der Waals surface area contributed by atoms with Gasteiger partial charge in [-0.05, 0) is 0 Å². The highest BCUT2D eigenvalue weighted by Crippen LogP contribution is 1.25. The molecule has 2 amide bonds. The zero-order valence-electron chi connectivity index (χ0n) is 3.18. The Hall–Kier alpha value is -0.290. The topological polar surface area (TPSA) is 104 Å². The van der Waals surface area contributed by atoms with Gasteiger partial charge in [-0.15, -0.1) is 17.0 Å². The van der Waals surface area contributed by atoms with Crippen LogP contribution in [0.2, 0.25) is 0 Å². The van der Waals surface area contributed by atoms with Gasteiger partial charge >= 0.3 is 6.03 Å². The van der Waals surface area contributed by atoms with E-state index in [9.17, 15) is 0 Å². The maximum absolute atomic E-state index is 9.00. The Morgan fingerprint density at radius 3 is 1.33 bits per heavy atom. The third-order valence-corrected chi connectivity index (χ3v) is 0. The van der Waals surface area contributed by atoms with Crippen molar-refractivity contribution in [1.29, 1.82) is 0 Å². The van der Waals surface area contributed by atoms with Crippen molar-refractivity contribution in [1.82, 2.24) is 6.15 Å². The standard InChI is InChI=1S/CH4N2O.BrH.H3N/c2-1(3)4;;/h(H4,2,3,4);1H;1H3. The van der Waals surface area contributed by atoms with Crippen LogP contribution in [0.25, 0.3) is 0 Å². The summed E-state index contributed by atoms with van der Waals surface area (Å²) in [4.78, 5) is 9.00. The van der Waals surface area contributed by atoms with Gasteiger partial charge in [-0.1, -0.05) is 0 Å². The molecule has 7 N–H and O–H groups in total. The molecule has 0 spiro atoms. The number of halogens is 1. The van der Waals surface area contributed by atoms with E-state index in [1.54, 1.807) is 0 Å². The van der Waals surface area contributed by atoms with Crippen LogP contribution >= 0.6 is 17.0 Å². The van der Waals surface area contributed by atoms with Crippen molar-refractivity contribution in [3.63, 3.8) is 0 Å². The summed E-state index contributed by atoms with van der Waals surface area (Å²) in [6.07, 6.45) is 0. The fraction of sp³-hybridized carbons (Fsp3) is 0. The molecule has 0 aromatic rings. The minimum Gasteiger partial charge on any atom is -0.352 e. The number of carbonyl (C=O) groups is 1. The first-order valence-corrected chi connectivity index (χ1v) is 0.781. The molecule has 0 atom stereocenters. The lowest BCUT2D eigenvalue weighted by Gasteiger charge is -1.62. The first-order chi connectivity index (χ1) is 1.73. The summed E-state index contributed by atoms with van der Waals surface area (Å²) in [7, 11) is 0. The van der Waals surface area contributed by atoms with Crippen LogP contribution in [0, 0.1) is 0 Å². The molecule has 5 heteroatoms. The van der Waals surface area contributed by atoms with Crippen LogP contribution in [0.15, 0.2) is 0 Å². The lowest BCUT2D eigenvalue weighted by molar-refractivity contribution is 0.256. The Morgan fingerprint density at radius 2 is 1.33 bits per heavy atom. The van der Waals surface area contributed by atoms with Crippen LogP contribution in [-0.4, -0.2) is 6.03 Å². The second kappa shape index (κ2) is 8.83. The molecule has 0 saturated heterocycles. The van der Waals surface area contributed by atoms with Crippen LogP contribution in [-0.2, 0) is 0 Å². The summed E-state index contributed by atoms with van der Waals surface area (Å²) in [5.74, 6) is 0. The molecule has 4 nitrogen and oxygen atoms in total. The zero-order valence-corrected chi connectivity index (χ0v) is 4.89. The molecule has 0 saturated carbocycles. The second-order valence-electron chi connectivity index (χ2n) is 0.402. The molecule has 0 unspecified atom stereocenters. The molecule has 0 aliphatic carbocycles. The van der Waals surface area contributed by atoms with Gasteiger partial charge in [-0.25, -0.2) is 4.79 Å². The zero-order chi connectivity index (χ0) is 3.58. The minimum atomic E-state index is -0.833. The maximum Gasteiger partial charge on any atom is 0.309 e. The summed E-state index contributed by atoms with van der Waals surface area (Å²) in [6.45, 7) is 0. The molecule has 0 radical (unpaired) electrons. The van der Waals surface area contributed by atoms with E-state index < -0.39 is 6.03 Å². The van der Waals surface area contributed by atoms with E-state index in [4.69, 9.17) is 4.79 Å². The molecule has 40 valence electrons. The second-order valence-corrected chi connectivity index (χ2v) is 0.402. The molecule has 0 aliphatic heterocycles. The Kier molecular flexibility index (Phi) is 25.4. The first kappa shape index (κ1) is 17.2. The molecule has 0 bridgehead atoms. The van der Waals surface area contributed by atoms with Gasteiger partial charge in [0.2, 0.25) is 0 Å². The van der Waals surface area contributed by atoms with Crippen molar-refractivity contribution in [3.8, 4) is 0 Å². The molecule has 0 aromatic heterocycles. The van der Waals surface area contributed by atoms with Gasteiger partial charge in [-0.2, -0.15) is 0 Å². The largest absolute Gasteiger partial charge is 0.352 e. The maximum atomic E-state index is 9.00. The number of rotatable bonds is 0. The average Bonchev–Trinajstić information content (AvgIpc) is 0.811. The normalized spacial score (nSPS) is 4.00. The van der Waals surface area contributed by atoms with E-state index in [0.29, 0.717) is 0 Å². The summed E-state index contributed by atoms with van der Waals surface area (Å²) in [6, 6.07) is -0.833. The Balaban J connectivity index is -0.0000000450. The lowest BCUT2D eigenvalue weighted by Crippen LogP contribution is -2.18. The van der Waals surface area contributed by atoms with Gasteiger partial charge in [-0.3, -0.25) is 0 Å². The smallest absolute Gasteiger partial charge is 0.309 e. The van der Waals surface area contributed by atoms with E-state index in [0.717, 1.165) is 0 Å². The van der Waals surface area contributed by atoms with Crippen LogP contribution in [0.3, 0.4) is 0 Å². The van der Waals surface area contributed by atoms with E-state index in [-0.39, 0.29) is 23.1 Å². The third kappa shape index (κ3) is 324. The van der Waals surface area contributed by atoms with Crippen LogP contribution in [0.1, 0.15) is 0 Å². The number of carbonyl (C=O) groups excluding carboxylic acids is 1. The number of nitrogens with two attached hydrogens (primary N) is 2. The molecular formula is CH8BrN3O. The molecule has 6 heavy (non-hydrogen) atoms. The number of urea groups is 1. The van der Waals surface area contributed by atoms with E-state index in [2.05, 4.69) is 11.5 Å². The Labute approximate surface area is 46.2 Å². The molecule has 0 heterocycles. The van der Waals surface area contributed by atoms with Crippen molar-refractivity contribution in [3.05, 3.63) is 0 Å². The number of primary amides is 2. The summed E-state index contributed by atoms with van der Waals surface area (Å²) in [5, 5.41) is 0. The van der Waals surface area contributed by atoms with Crippen LogP contribution in [0.4, 0.5) is 4.79 Å². The van der Waals surface area contributed by atoms with Crippen molar-refractivity contribution in [2.45, 2.75) is 0 Å². The Bertz CT molecular complexity index is 33.8. The number of amides is 2. The third-order valence-electron chi connectivity index (χ3n) is 0. The highest BCUT2D eigenvalue weighted by molar-refractivity contribution is 8.93. The molecule has 0 fully saturated rings. The van der Waals surface area contributed by atoms with Crippen molar-refractivity contribution >= 4 is 23.0 Å². The molecule has 0 aromatic carbocycles. The van der Waals surface area contributed by atoms with Gasteiger partial charge in [0.1, 0.15) is 0 Å². The fourth-order valence-electron chi connectivity index (χ4n) is 0. The van der Waals surface area contributed by atoms with E-state index >= 15 is 0 Å². The van der Waals surface area contributed by atoms with Crippen molar-refractivity contribution < 1.29 is 4.79 Å². The quantitative estimate of drug-likeness (QED) is 0.452. The minimum absolute atomic E-state index is 0. The molecule has 0 aliphatic rings. The number of hydrogen-bond acceptors (Lipinski definition) is 2. The highest BCUT2D eigenvalue weighted by Gasteiger charge is 1.60. The molecular weight excluding hydrogens is 150 g/mol. The Morgan fingerprint density at radius 1 is 1.33 bits per heavy atom. The SMILES string of the molecule is Br.N.NC(N)=O. The monoisotopic (exact) mass is 157 g/mol. The van der Waals surface area contributed by atoms with Gasteiger partial charge in [0.25, 0.3) is 0 Å². The van der Waals surface area contributed by atoms with Crippen molar-refractivity contribution in [2.24, 2.45) is 11.5 Å². The van der Waals surface area contributed by atoms with E-state index in [1.165, 1.54) is 0 Å². The van der Waals surface area contributed by atoms with E-state index in [1.807, 2.05) is 0 Å². The summed E-state index contributed by atoms with van der Waals surface area (Å²) in [5.41, 5.74) is 8.50. The predicted octanol–water partition coefficient (Wildman–Crippen LogP) is -0.236. The summed E-state index contributed by atoms with van der Waals surface area (Å²) >= 11 is 0. The van der Waals surface area contributed by atoms with Gasteiger partial charge in [0.05, 0.1) is 0 Å².